The second-order valence-corrected chi connectivity index (χ2v) is 9.43. The van der Waals surface area contributed by atoms with E-state index in [-0.39, 0.29) is 29.6 Å². The molecule has 1 aliphatic heterocycles. The van der Waals surface area contributed by atoms with Crippen LogP contribution in [-0.2, 0) is 9.59 Å². The molecule has 1 saturated heterocycles. The number of hydrogen-bond acceptors (Lipinski definition) is 4. The molecular formula is C28H25ClN2O4. The summed E-state index contributed by atoms with van der Waals surface area (Å²) < 4.78 is 5.29. The maximum atomic E-state index is 13.4. The van der Waals surface area contributed by atoms with Crippen molar-refractivity contribution in [1.29, 1.82) is 0 Å². The molecule has 35 heavy (non-hydrogen) atoms. The molecule has 178 valence electrons. The summed E-state index contributed by atoms with van der Waals surface area (Å²) in [6.45, 7) is 0. The first-order chi connectivity index (χ1) is 17.0. The number of benzene rings is 3. The lowest BCUT2D eigenvalue weighted by Gasteiger charge is -2.28. The first-order valence-electron chi connectivity index (χ1n) is 11.6. The highest BCUT2D eigenvalue weighted by atomic mass is 35.5. The van der Waals surface area contributed by atoms with Crippen LogP contribution in [-0.4, -0.2) is 24.8 Å². The van der Waals surface area contributed by atoms with Gasteiger partial charge in [-0.25, -0.2) is 0 Å². The second kappa shape index (κ2) is 9.55. The van der Waals surface area contributed by atoms with Gasteiger partial charge in [0.25, 0.3) is 5.91 Å². The second-order valence-electron chi connectivity index (χ2n) is 8.99. The molecule has 0 bridgehead atoms. The Morgan fingerprint density at radius 2 is 1.71 bits per heavy atom. The molecule has 1 N–H and O–H groups in total. The SMILES string of the molecule is COc1ccc(Cl)cc1NC(=O)c1cccc(N2C(=O)[C@H]3C[C@@H](c4ccccc4)CC[C@H]3C2=O)c1. The fraction of sp³-hybridized carbons (Fsp3) is 0.250. The normalized spacial score (nSPS) is 21.5. The Balaban J connectivity index is 1.37. The minimum Gasteiger partial charge on any atom is -0.495 e. The standard InChI is InChI=1S/C28H25ClN2O4/c1-35-25-13-11-20(29)16-24(25)30-26(32)19-8-5-9-21(14-19)31-27(33)22-12-10-18(15-23(22)28(31)34)17-6-3-2-4-7-17/h2-9,11,13-14,16,18,22-23H,10,12,15H2,1H3,(H,30,32)/t18-,22+,23-/m0/s1. The number of methoxy groups -OCH3 is 1. The smallest absolute Gasteiger partial charge is 0.255 e. The molecule has 3 aromatic rings. The zero-order chi connectivity index (χ0) is 24.5. The summed E-state index contributed by atoms with van der Waals surface area (Å²) in [5, 5.41) is 3.25. The van der Waals surface area contributed by atoms with Crippen LogP contribution in [0.25, 0.3) is 0 Å². The Hall–Kier alpha value is -3.64. The van der Waals surface area contributed by atoms with E-state index >= 15 is 0 Å². The van der Waals surface area contributed by atoms with Crippen molar-refractivity contribution in [1.82, 2.24) is 0 Å². The molecule has 2 aliphatic rings. The number of anilines is 2. The number of nitrogens with zero attached hydrogens (tertiary/aromatic N) is 1. The maximum absolute atomic E-state index is 13.4. The minimum atomic E-state index is -0.395. The van der Waals surface area contributed by atoms with Crippen molar-refractivity contribution >= 4 is 40.7 Å². The Labute approximate surface area is 208 Å². The van der Waals surface area contributed by atoms with E-state index in [2.05, 4.69) is 17.4 Å². The van der Waals surface area contributed by atoms with Crippen LogP contribution < -0.4 is 15.0 Å². The Morgan fingerprint density at radius 3 is 2.49 bits per heavy atom. The molecule has 0 radical (unpaired) electrons. The summed E-state index contributed by atoms with van der Waals surface area (Å²) in [4.78, 5) is 40.9. The van der Waals surface area contributed by atoms with Gasteiger partial charge in [0, 0.05) is 10.6 Å². The molecule has 1 heterocycles. The Bertz CT molecular complexity index is 1290. The van der Waals surface area contributed by atoms with Crippen LogP contribution in [0, 0.1) is 11.8 Å². The fourth-order valence-corrected chi connectivity index (χ4v) is 5.39. The van der Waals surface area contributed by atoms with E-state index in [0.717, 1.165) is 6.42 Å². The van der Waals surface area contributed by atoms with E-state index in [9.17, 15) is 14.4 Å². The van der Waals surface area contributed by atoms with E-state index in [1.54, 1.807) is 42.5 Å². The summed E-state index contributed by atoms with van der Waals surface area (Å²) in [7, 11) is 1.51. The molecular weight excluding hydrogens is 464 g/mol. The number of halogens is 1. The number of amides is 3. The number of rotatable bonds is 5. The minimum absolute atomic E-state index is 0.180. The lowest BCUT2D eigenvalue weighted by Crippen LogP contribution is -2.31. The molecule has 0 aromatic heterocycles. The van der Waals surface area contributed by atoms with Gasteiger partial charge in [0.2, 0.25) is 11.8 Å². The predicted molar refractivity (Wildman–Crippen MR) is 135 cm³/mol. The van der Waals surface area contributed by atoms with Crippen LogP contribution >= 0.6 is 11.6 Å². The number of imide groups is 1. The van der Waals surface area contributed by atoms with E-state index in [4.69, 9.17) is 16.3 Å². The number of hydrogen-bond donors (Lipinski definition) is 1. The fourth-order valence-electron chi connectivity index (χ4n) is 5.22. The molecule has 3 atom stereocenters. The molecule has 2 fully saturated rings. The monoisotopic (exact) mass is 488 g/mol. The van der Waals surface area contributed by atoms with E-state index in [1.165, 1.54) is 17.6 Å². The molecule has 0 spiro atoms. The largest absolute Gasteiger partial charge is 0.495 e. The van der Waals surface area contributed by atoms with Gasteiger partial charge in [0.1, 0.15) is 5.75 Å². The Morgan fingerprint density at radius 1 is 0.943 bits per heavy atom. The topological polar surface area (TPSA) is 75.7 Å². The van der Waals surface area contributed by atoms with Crippen molar-refractivity contribution in [2.24, 2.45) is 11.8 Å². The average molecular weight is 489 g/mol. The molecule has 3 aromatic carbocycles. The molecule has 0 unspecified atom stereocenters. The van der Waals surface area contributed by atoms with Gasteiger partial charge in [-0.1, -0.05) is 48.0 Å². The highest BCUT2D eigenvalue weighted by Gasteiger charge is 2.50. The van der Waals surface area contributed by atoms with Crippen molar-refractivity contribution in [3.63, 3.8) is 0 Å². The van der Waals surface area contributed by atoms with Crippen LogP contribution in [0.2, 0.25) is 5.02 Å². The maximum Gasteiger partial charge on any atom is 0.255 e. The van der Waals surface area contributed by atoms with Crippen molar-refractivity contribution in [2.45, 2.75) is 25.2 Å². The lowest BCUT2D eigenvalue weighted by molar-refractivity contribution is -0.122. The first kappa shape index (κ1) is 23.1. The number of nitrogens with one attached hydrogen (secondary N) is 1. The van der Waals surface area contributed by atoms with E-state index < -0.39 is 5.91 Å². The summed E-state index contributed by atoms with van der Waals surface area (Å²) in [6, 6.07) is 21.7. The number of carbonyl (C=O) groups excluding carboxylic acids is 3. The predicted octanol–water partition coefficient (Wildman–Crippen LogP) is 5.67. The van der Waals surface area contributed by atoms with Gasteiger partial charge in [-0.2, -0.15) is 0 Å². The number of ether oxygens (including phenoxy) is 1. The van der Waals surface area contributed by atoms with Crippen molar-refractivity contribution in [3.05, 3.63) is 88.9 Å². The first-order valence-corrected chi connectivity index (χ1v) is 12.0. The van der Waals surface area contributed by atoms with Crippen molar-refractivity contribution in [2.75, 3.05) is 17.3 Å². The van der Waals surface area contributed by atoms with Crippen molar-refractivity contribution in [3.8, 4) is 5.75 Å². The number of carbonyl (C=O) groups is 3. The van der Waals surface area contributed by atoms with Gasteiger partial charge < -0.3 is 10.1 Å². The molecule has 5 rings (SSSR count). The summed E-state index contributed by atoms with van der Waals surface area (Å²) >= 11 is 6.07. The van der Waals surface area contributed by atoms with Gasteiger partial charge in [-0.15, -0.1) is 0 Å². The molecule has 1 aliphatic carbocycles. The summed E-state index contributed by atoms with van der Waals surface area (Å²) in [5.74, 6) is -0.673. The highest BCUT2D eigenvalue weighted by molar-refractivity contribution is 6.31. The van der Waals surface area contributed by atoms with Crippen molar-refractivity contribution < 1.29 is 19.1 Å². The average Bonchev–Trinajstić information content (AvgIpc) is 3.14. The Kier molecular flexibility index (Phi) is 6.31. The highest BCUT2D eigenvalue weighted by Crippen LogP contribution is 2.45. The zero-order valence-electron chi connectivity index (χ0n) is 19.2. The molecule has 3 amide bonds. The third-order valence-electron chi connectivity index (χ3n) is 6.97. The molecule has 6 nitrogen and oxygen atoms in total. The van der Waals surface area contributed by atoms with Gasteiger partial charge in [0.15, 0.2) is 0 Å². The van der Waals surface area contributed by atoms with Gasteiger partial charge >= 0.3 is 0 Å². The van der Waals surface area contributed by atoms with E-state index in [1.807, 2.05) is 18.2 Å². The van der Waals surface area contributed by atoms with Crippen LogP contribution in [0.15, 0.2) is 72.8 Å². The third-order valence-corrected chi connectivity index (χ3v) is 7.21. The summed E-state index contributed by atoms with van der Waals surface area (Å²) in [6.07, 6.45) is 2.21. The lowest BCUT2D eigenvalue weighted by atomic mass is 9.73. The molecule has 1 saturated carbocycles. The van der Waals surface area contributed by atoms with Crippen LogP contribution in [0.4, 0.5) is 11.4 Å². The summed E-state index contributed by atoms with van der Waals surface area (Å²) in [5.41, 5.74) is 2.37. The van der Waals surface area contributed by atoms with Crippen LogP contribution in [0.5, 0.6) is 5.75 Å². The van der Waals surface area contributed by atoms with Gasteiger partial charge in [-0.05, 0) is 67.1 Å². The van der Waals surface area contributed by atoms with E-state index in [0.29, 0.717) is 40.6 Å². The van der Waals surface area contributed by atoms with Crippen LogP contribution in [0.3, 0.4) is 0 Å². The molecule has 7 heteroatoms. The zero-order valence-corrected chi connectivity index (χ0v) is 20.0. The third kappa shape index (κ3) is 4.42. The van der Waals surface area contributed by atoms with Gasteiger partial charge in [-0.3, -0.25) is 19.3 Å². The number of fused-ring (bicyclic) bond motifs is 1. The quantitative estimate of drug-likeness (QED) is 0.469. The van der Waals surface area contributed by atoms with Crippen LogP contribution in [0.1, 0.15) is 41.1 Å². The van der Waals surface area contributed by atoms with Gasteiger partial charge in [0.05, 0.1) is 30.3 Å².